The Balaban J connectivity index is 1.90. The average molecular weight is 281 g/mol. The Morgan fingerprint density at radius 3 is 2.33 bits per heavy atom. The van der Waals surface area contributed by atoms with Crippen molar-refractivity contribution in [3.05, 3.63) is 65.2 Å². The third kappa shape index (κ3) is 5.07. The Hall–Kier alpha value is -2.09. The lowest BCUT2D eigenvalue weighted by atomic mass is 10.2. The zero-order valence-corrected chi connectivity index (χ0v) is 13.0. The predicted molar refractivity (Wildman–Crippen MR) is 89.3 cm³/mol. The summed E-state index contributed by atoms with van der Waals surface area (Å²) in [5.74, 6) is 0.885. The minimum atomic E-state index is 0.377. The summed E-state index contributed by atoms with van der Waals surface area (Å²) in [5.41, 5.74) is 3.56. The van der Waals surface area contributed by atoms with Gasteiger partial charge in [-0.15, -0.1) is 0 Å². The normalized spacial score (nSPS) is 12.5. The maximum Gasteiger partial charge on any atom is 0.119 e. The molecule has 2 rings (SSSR count). The van der Waals surface area contributed by atoms with Crippen molar-refractivity contribution >= 4 is 6.21 Å². The number of aliphatic imine (C=N–C) groups is 1. The molecule has 0 saturated carbocycles. The van der Waals surface area contributed by atoms with E-state index in [1.54, 1.807) is 0 Å². The highest BCUT2D eigenvalue weighted by Gasteiger charge is 1.97. The quantitative estimate of drug-likeness (QED) is 0.697. The number of benzene rings is 2. The number of ether oxygens (including phenoxy) is 1. The van der Waals surface area contributed by atoms with E-state index in [0.717, 1.165) is 17.7 Å². The molecule has 2 aromatic rings. The van der Waals surface area contributed by atoms with E-state index < -0.39 is 0 Å². The fourth-order valence-electron chi connectivity index (χ4n) is 1.82. The highest BCUT2D eigenvalue weighted by Crippen LogP contribution is 2.14. The van der Waals surface area contributed by atoms with Crippen LogP contribution in [0.2, 0.25) is 0 Å². The van der Waals surface area contributed by atoms with Gasteiger partial charge in [0.2, 0.25) is 0 Å². The molecular formula is C19H23NO. The lowest BCUT2D eigenvalue weighted by Crippen LogP contribution is -1.97. The van der Waals surface area contributed by atoms with Gasteiger partial charge in [0.15, 0.2) is 0 Å². The van der Waals surface area contributed by atoms with Crippen LogP contribution in [-0.4, -0.2) is 12.3 Å². The van der Waals surface area contributed by atoms with Gasteiger partial charge < -0.3 is 4.74 Å². The zero-order chi connectivity index (χ0) is 15.1. The van der Waals surface area contributed by atoms with Crippen molar-refractivity contribution in [1.29, 1.82) is 0 Å². The molecule has 2 aromatic carbocycles. The third-order valence-corrected chi connectivity index (χ3v) is 3.48. The SMILES string of the molecule is CCC(C)/N=C/c1ccc(OCc2ccc(C)cc2)cc1. The smallest absolute Gasteiger partial charge is 0.119 e. The van der Waals surface area contributed by atoms with Crippen molar-refractivity contribution in [2.24, 2.45) is 4.99 Å². The monoisotopic (exact) mass is 281 g/mol. The van der Waals surface area contributed by atoms with Gasteiger partial charge in [0.05, 0.1) is 0 Å². The fourth-order valence-corrected chi connectivity index (χ4v) is 1.82. The van der Waals surface area contributed by atoms with Crippen molar-refractivity contribution < 1.29 is 4.74 Å². The number of hydrogen-bond acceptors (Lipinski definition) is 2. The summed E-state index contributed by atoms with van der Waals surface area (Å²) in [6.07, 6.45) is 2.99. The molecule has 110 valence electrons. The van der Waals surface area contributed by atoms with Gasteiger partial charge in [-0.25, -0.2) is 0 Å². The summed E-state index contributed by atoms with van der Waals surface area (Å²) < 4.78 is 5.79. The summed E-state index contributed by atoms with van der Waals surface area (Å²) in [6, 6.07) is 16.8. The first-order valence-electron chi connectivity index (χ1n) is 7.49. The maximum atomic E-state index is 5.79. The summed E-state index contributed by atoms with van der Waals surface area (Å²) in [6.45, 7) is 6.95. The molecule has 0 spiro atoms. The second-order valence-electron chi connectivity index (χ2n) is 5.38. The highest BCUT2D eigenvalue weighted by atomic mass is 16.5. The molecule has 0 aliphatic rings. The molecule has 0 fully saturated rings. The molecule has 0 aromatic heterocycles. The van der Waals surface area contributed by atoms with E-state index in [0.29, 0.717) is 12.6 Å². The molecule has 0 heterocycles. The van der Waals surface area contributed by atoms with Crippen LogP contribution in [0.4, 0.5) is 0 Å². The first-order valence-corrected chi connectivity index (χ1v) is 7.49. The van der Waals surface area contributed by atoms with Crippen molar-refractivity contribution in [3.8, 4) is 5.75 Å². The van der Waals surface area contributed by atoms with Gasteiger partial charge in [0.25, 0.3) is 0 Å². The van der Waals surface area contributed by atoms with Crippen molar-refractivity contribution in [2.45, 2.75) is 39.8 Å². The second-order valence-corrected chi connectivity index (χ2v) is 5.38. The Labute approximate surface area is 127 Å². The summed E-state index contributed by atoms with van der Waals surface area (Å²) in [5, 5.41) is 0. The van der Waals surface area contributed by atoms with E-state index in [-0.39, 0.29) is 0 Å². The lowest BCUT2D eigenvalue weighted by molar-refractivity contribution is 0.306. The van der Waals surface area contributed by atoms with Gasteiger partial charge in [-0.2, -0.15) is 0 Å². The van der Waals surface area contributed by atoms with E-state index in [1.807, 2.05) is 30.5 Å². The minimum Gasteiger partial charge on any atom is -0.489 e. The molecule has 0 bridgehead atoms. The van der Waals surface area contributed by atoms with E-state index in [9.17, 15) is 0 Å². The molecule has 0 aliphatic heterocycles. The average Bonchev–Trinajstić information content (AvgIpc) is 2.53. The number of rotatable bonds is 6. The zero-order valence-electron chi connectivity index (χ0n) is 13.0. The van der Waals surface area contributed by atoms with E-state index in [4.69, 9.17) is 4.74 Å². The van der Waals surface area contributed by atoms with Crippen LogP contribution in [0.25, 0.3) is 0 Å². The van der Waals surface area contributed by atoms with Gasteiger partial charge in [-0.3, -0.25) is 4.99 Å². The summed E-state index contributed by atoms with van der Waals surface area (Å²) in [7, 11) is 0. The van der Waals surface area contributed by atoms with Crippen LogP contribution in [0.15, 0.2) is 53.5 Å². The minimum absolute atomic E-state index is 0.377. The van der Waals surface area contributed by atoms with Gasteiger partial charge in [0.1, 0.15) is 12.4 Å². The Morgan fingerprint density at radius 2 is 1.71 bits per heavy atom. The molecule has 2 heteroatoms. The molecule has 0 aliphatic carbocycles. The number of aryl methyl sites for hydroxylation is 1. The molecule has 1 unspecified atom stereocenters. The standard InChI is InChI=1S/C19H23NO/c1-4-16(3)20-13-17-9-11-19(12-10-17)21-14-18-7-5-15(2)6-8-18/h5-13,16H,4,14H2,1-3H3/b20-13+. The molecule has 0 radical (unpaired) electrons. The van der Waals surface area contributed by atoms with Gasteiger partial charge in [-0.05, 0) is 55.7 Å². The van der Waals surface area contributed by atoms with E-state index in [2.05, 4.69) is 50.0 Å². The largest absolute Gasteiger partial charge is 0.489 e. The van der Waals surface area contributed by atoms with Crippen LogP contribution in [0.1, 0.15) is 37.0 Å². The molecule has 1 atom stereocenters. The first kappa shape index (κ1) is 15.3. The molecular weight excluding hydrogens is 258 g/mol. The Bertz CT molecular complexity index is 570. The maximum absolute atomic E-state index is 5.79. The molecule has 21 heavy (non-hydrogen) atoms. The van der Waals surface area contributed by atoms with Crippen LogP contribution in [0.5, 0.6) is 5.75 Å². The topological polar surface area (TPSA) is 21.6 Å². The van der Waals surface area contributed by atoms with Crippen LogP contribution in [0.3, 0.4) is 0 Å². The summed E-state index contributed by atoms with van der Waals surface area (Å²) >= 11 is 0. The van der Waals surface area contributed by atoms with Crippen LogP contribution in [-0.2, 0) is 6.61 Å². The first-order chi connectivity index (χ1) is 10.2. The van der Waals surface area contributed by atoms with Gasteiger partial charge in [-0.1, -0.05) is 36.8 Å². The van der Waals surface area contributed by atoms with Gasteiger partial charge >= 0.3 is 0 Å². The summed E-state index contributed by atoms with van der Waals surface area (Å²) in [4.78, 5) is 4.48. The molecule has 0 N–H and O–H groups in total. The van der Waals surface area contributed by atoms with Crippen molar-refractivity contribution in [2.75, 3.05) is 0 Å². The third-order valence-electron chi connectivity index (χ3n) is 3.48. The van der Waals surface area contributed by atoms with E-state index >= 15 is 0 Å². The lowest BCUT2D eigenvalue weighted by Gasteiger charge is -2.07. The van der Waals surface area contributed by atoms with Crippen molar-refractivity contribution in [3.63, 3.8) is 0 Å². The molecule has 0 saturated heterocycles. The molecule has 0 amide bonds. The highest BCUT2D eigenvalue weighted by molar-refractivity contribution is 5.79. The molecule has 2 nitrogen and oxygen atoms in total. The van der Waals surface area contributed by atoms with Crippen LogP contribution in [0, 0.1) is 6.92 Å². The second kappa shape index (κ2) is 7.63. The van der Waals surface area contributed by atoms with Gasteiger partial charge in [0, 0.05) is 12.3 Å². The van der Waals surface area contributed by atoms with Crippen LogP contribution >= 0.6 is 0 Å². The van der Waals surface area contributed by atoms with Crippen LogP contribution < -0.4 is 4.74 Å². The van der Waals surface area contributed by atoms with E-state index in [1.165, 1.54) is 11.1 Å². The number of hydrogen-bond donors (Lipinski definition) is 0. The Morgan fingerprint density at radius 1 is 1.05 bits per heavy atom. The Kier molecular flexibility index (Phi) is 5.56. The van der Waals surface area contributed by atoms with Crippen molar-refractivity contribution in [1.82, 2.24) is 0 Å². The predicted octanol–water partition coefficient (Wildman–Crippen LogP) is 4.79. The fraction of sp³-hybridized carbons (Fsp3) is 0.316. The number of nitrogens with zero attached hydrogens (tertiary/aromatic N) is 1.